The zero-order chi connectivity index (χ0) is 12.1. The lowest BCUT2D eigenvalue weighted by atomic mass is 9.88. The molecule has 0 amide bonds. The van der Waals surface area contributed by atoms with Crippen LogP contribution in [0.1, 0.15) is 30.0 Å². The van der Waals surface area contributed by atoms with E-state index in [0.29, 0.717) is 19.0 Å². The van der Waals surface area contributed by atoms with Gasteiger partial charge in [-0.15, -0.1) is 0 Å². The van der Waals surface area contributed by atoms with Crippen LogP contribution >= 0.6 is 0 Å². The topological polar surface area (TPSA) is 50.7 Å². The number of hydroxylamine groups is 1. The van der Waals surface area contributed by atoms with E-state index in [0.717, 1.165) is 19.3 Å². The molecule has 4 nitrogen and oxygen atoms in total. The smallest absolute Gasteiger partial charge is 0.115 e. The van der Waals surface area contributed by atoms with Crippen LogP contribution in [0.25, 0.3) is 0 Å². The lowest BCUT2D eigenvalue weighted by Gasteiger charge is -2.26. The molecule has 0 aromatic heterocycles. The molecular formula is C13H19NO3. The molecule has 1 atom stereocenters. The molecule has 1 aliphatic carbocycles. The Morgan fingerprint density at radius 2 is 2.29 bits per heavy atom. The molecule has 2 rings (SSSR count). The molecule has 0 heterocycles. The molecule has 1 unspecified atom stereocenters. The lowest BCUT2D eigenvalue weighted by Crippen LogP contribution is -2.26. The number of fused-ring (bicyclic) bond motifs is 1. The first-order valence-corrected chi connectivity index (χ1v) is 5.99. The highest BCUT2D eigenvalue weighted by atomic mass is 16.7. The van der Waals surface area contributed by atoms with Crippen LogP contribution < -0.4 is 5.48 Å². The summed E-state index contributed by atoms with van der Waals surface area (Å²) >= 11 is 0. The second kappa shape index (κ2) is 6.00. The average Bonchev–Trinajstić information content (AvgIpc) is 2.34. The van der Waals surface area contributed by atoms with Crippen molar-refractivity contribution in [2.75, 3.05) is 20.3 Å². The average molecular weight is 237 g/mol. The van der Waals surface area contributed by atoms with Gasteiger partial charge in [0.05, 0.1) is 19.3 Å². The second-order valence-corrected chi connectivity index (χ2v) is 4.29. The fourth-order valence-electron chi connectivity index (χ4n) is 2.21. The van der Waals surface area contributed by atoms with Crippen molar-refractivity contribution in [2.24, 2.45) is 0 Å². The van der Waals surface area contributed by atoms with Gasteiger partial charge in [-0.1, -0.05) is 6.07 Å². The van der Waals surface area contributed by atoms with Crippen LogP contribution in [-0.4, -0.2) is 25.4 Å². The Bertz CT molecular complexity index is 368. The Labute approximate surface area is 102 Å². The predicted octanol–water partition coefficient (Wildman–Crippen LogP) is 1.94. The molecule has 94 valence electrons. The highest BCUT2D eigenvalue weighted by Crippen LogP contribution is 2.31. The van der Waals surface area contributed by atoms with Gasteiger partial charge in [-0.3, -0.25) is 4.84 Å². The standard InChI is InChI=1S/C13H19NO3/c1-16-7-8-17-14-13-4-2-3-10-9-11(15)5-6-12(10)13/h5-6,9,13-15H,2-4,7-8H2,1H3. The number of aromatic hydroxyl groups is 1. The molecule has 1 aromatic carbocycles. The third-order valence-electron chi connectivity index (χ3n) is 3.06. The molecule has 1 aliphatic rings. The minimum absolute atomic E-state index is 0.219. The Morgan fingerprint density at radius 3 is 3.12 bits per heavy atom. The van der Waals surface area contributed by atoms with E-state index < -0.39 is 0 Å². The number of hydrogen-bond acceptors (Lipinski definition) is 4. The van der Waals surface area contributed by atoms with Gasteiger partial charge in [0, 0.05) is 7.11 Å². The molecule has 0 fully saturated rings. The Hall–Kier alpha value is -1.10. The molecular weight excluding hydrogens is 218 g/mol. The van der Waals surface area contributed by atoms with Crippen LogP contribution in [0.2, 0.25) is 0 Å². The summed E-state index contributed by atoms with van der Waals surface area (Å²) in [4.78, 5) is 5.36. The number of phenols is 1. The summed E-state index contributed by atoms with van der Waals surface area (Å²) in [6.07, 6.45) is 3.20. The summed E-state index contributed by atoms with van der Waals surface area (Å²) in [6, 6.07) is 5.77. The highest BCUT2D eigenvalue weighted by molar-refractivity contribution is 5.38. The number of hydrogen-bond donors (Lipinski definition) is 2. The normalized spacial score (nSPS) is 19.0. The molecule has 4 heteroatoms. The number of ether oxygens (including phenoxy) is 1. The zero-order valence-corrected chi connectivity index (χ0v) is 10.1. The molecule has 1 aromatic rings. The maximum atomic E-state index is 9.45. The van der Waals surface area contributed by atoms with Crippen LogP contribution in [0, 0.1) is 0 Å². The fraction of sp³-hybridized carbons (Fsp3) is 0.538. The van der Waals surface area contributed by atoms with E-state index in [1.165, 1.54) is 11.1 Å². The van der Waals surface area contributed by atoms with E-state index >= 15 is 0 Å². The summed E-state index contributed by atoms with van der Waals surface area (Å²) in [6.45, 7) is 1.13. The molecule has 0 saturated carbocycles. The van der Waals surface area contributed by atoms with Gasteiger partial charge in [0.25, 0.3) is 0 Å². The van der Waals surface area contributed by atoms with Crippen LogP contribution in [0.15, 0.2) is 18.2 Å². The van der Waals surface area contributed by atoms with Crippen LogP contribution in [0.4, 0.5) is 0 Å². The molecule has 17 heavy (non-hydrogen) atoms. The van der Waals surface area contributed by atoms with Gasteiger partial charge in [0.2, 0.25) is 0 Å². The van der Waals surface area contributed by atoms with Gasteiger partial charge in [-0.2, -0.15) is 5.48 Å². The number of nitrogens with one attached hydrogen (secondary N) is 1. The first-order chi connectivity index (χ1) is 8.31. The number of rotatable bonds is 5. The van der Waals surface area contributed by atoms with Crippen molar-refractivity contribution in [1.82, 2.24) is 5.48 Å². The first-order valence-electron chi connectivity index (χ1n) is 5.99. The van der Waals surface area contributed by atoms with Crippen LogP contribution in [0.5, 0.6) is 5.75 Å². The first kappa shape index (κ1) is 12.4. The summed E-state index contributed by atoms with van der Waals surface area (Å²) in [5.74, 6) is 0.338. The van der Waals surface area contributed by atoms with Crippen molar-refractivity contribution >= 4 is 0 Å². The van der Waals surface area contributed by atoms with Crippen molar-refractivity contribution < 1.29 is 14.7 Å². The molecule has 0 saturated heterocycles. The van der Waals surface area contributed by atoms with E-state index in [2.05, 4.69) is 5.48 Å². The largest absolute Gasteiger partial charge is 0.508 e. The van der Waals surface area contributed by atoms with Crippen LogP contribution in [0.3, 0.4) is 0 Å². The van der Waals surface area contributed by atoms with Gasteiger partial charge in [0.15, 0.2) is 0 Å². The van der Waals surface area contributed by atoms with Crippen molar-refractivity contribution in [2.45, 2.75) is 25.3 Å². The van der Waals surface area contributed by atoms with E-state index in [9.17, 15) is 5.11 Å². The summed E-state index contributed by atoms with van der Waals surface area (Å²) in [5, 5.41) is 9.45. The molecule has 0 radical (unpaired) electrons. The third-order valence-corrected chi connectivity index (χ3v) is 3.06. The zero-order valence-electron chi connectivity index (χ0n) is 10.1. The summed E-state index contributed by atoms with van der Waals surface area (Å²) < 4.78 is 4.92. The number of benzene rings is 1. The second-order valence-electron chi connectivity index (χ2n) is 4.29. The Balaban J connectivity index is 1.97. The summed E-state index contributed by atoms with van der Waals surface area (Å²) in [7, 11) is 1.65. The SMILES string of the molecule is COCCONC1CCCc2cc(O)ccc21. The van der Waals surface area contributed by atoms with Gasteiger partial charge in [0.1, 0.15) is 5.75 Å². The van der Waals surface area contributed by atoms with Gasteiger partial charge in [-0.05, 0) is 42.5 Å². The van der Waals surface area contributed by atoms with Gasteiger partial charge >= 0.3 is 0 Å². The quantitative estimate of drug-likeness (QED) is 0.607. The van der Waals surface area contributed by atoms with Crippen molar-refractivity contribution in [1.29, 1.82) is 0 Å². The number of methoxy groups -OCH3 is 1. The Morgan fingerprint density at radius 1 is 1.41 bits per heavy atom. The van der Waals surface area contributed by atoms with Crippen LogP contribution in [-0.2, 0) is 16.0 Å². The minimum Gasteiger partial charge on any atom is -0.508 e. The Kier molecular flexibility index (Phi) is 4.36. The maximum Gasteiger partial charge on any atom is 0.115 e. The third kappa shape index (κ3) is 3.19. The number of aryl methyl sites for hydroxylation is 1. The van der Waals surface area contributed by atoms with E-state index in [4.69, 9.17) is 9.57 Å². The van der Waals surface area contributed by atoms with Crippen molar-refractivity contribution in [3.8, 4) is 5.75 Å². The van der Waals surface area contributed by atoms with Crippen molar-refractivity contribution in [3.05, 3.63) is 29.3 Å². The molecule has 0 aliphatic heterocycles. The monoisotopic (exact) mass is 237 g/mol. The molecule has 0 bridgehead atoms. The van der Waals surface area contributed by atoms with E-state index in [1.54, 1.807) is 13.2 Å². The molecule has 0 spiro atoms. The summed E-state index contributed by atoms with van der Waals surface area (Å²) in [5.41, 5.74) is 5.51. The maximum absolute atomic E-state index is 9.45. The van der Waals surface area contributed by atoms with E-state index in [1.807, 2.05) is 12.1 Å². The van der Waals surface area contributed by atoms with Crippen molar-refractivity contribution in [3.63, 3.8) is 0 Å². The van der Waals surface area contributed by atoms with Gasteiger partial charge in [-0.25, -0.2) is 0 Å². The van der Waals surface area contributed by atoms with E-state index in [-0.39, 0.29) is 6.04 Å². The molecule has 2 N–H and O–H groups in total. The van der Waals surface area contributed by atoms with Gasteiger partial charge < -0.3 is 9.84 Å². The highest BCUT2D eigenvalue weighted by Gasteiger charge is 2.20. The predicted molar refractivity (Wildman–Crippen MR) is 64.7 cm³/mol. The lowest BCUT2D eigenvalue weighted by molar-refractivity contribution is -0.0153. The fourth-order valence-corrected chi connectivity index (χ4v) is 2.21. The number of phenolic OH excluding ortho intramolecular Hbond substituents is 1. The minimum atomic E-state index is 0.219.